The van der Waals surface area contributed by atoms with Gasteiger partial charge in [-0.15, -0.1) is 0 Å². The molecule has 0 radical (unpaired) electrons. The largest absolute Gasteiger partial charge is 0.368 e. The second kappa shape index (κ2) is 7.37. The topological polar surface area (TPSA) is 67.1 Å². The maximum Gasteiger partial charge on any atom is 0.263 e. The number of anilines is 1. The van der Waals surface area contributed by atoms with E-state index in [1.807, 2.05) is 0 Å². The van der Waals surface area contributed by atoms with Crippen molar-refractivity contribution in [2.24, 2.45) is 0 Å². The first-order chi connectivity index (χ1) is 12.7. The first-order valence-electron chi connectivity index (χ1n) is 9.06. The summed E-state index contributed by atoms with van der Waals surface area (Å²) in [7, 11) is 0. The van der Waals surface area contributed by atoms with Gasteiger partial charge in [0, 0.05) is 24.7 Å². The van der Waals surface area contributed by atoms with Crippen LogP contribution < -0.4 is 5.32 Å². The van der Waals surface area contributed by atoms with Gasteiger partial charge < -0.3 is 9.84 Å². The predicted octanol–water partition coefficient (Wildman–Crippen LogP) is 3.71. The highest BCUT2D eigenvalue weighted by molar-refractivity contribution is 5.97. The van der Waals surface area contributed by atoms with Crippen molar-refractivity contribution in [1.29, 1.82) is 0 Å². The van der Waals surface area contributed by atoms with Crippen molar-refractivity contribution in [3.05, 3.63) is 36.4 Å². The maximum atomic E-state index is 13.2. The molecule has 1 aliphatic heterocycles. The van der Waals surface area contributed by atoms with Crippen LogP contribution in [-0.2, 0) is 0 Å². The van der Waals surface area contributed by atoms with Gasteiger partial charge in [0.15, 0.2) is 0 Å². The Bertz CT molecular complexity index is 879. The molecule has 6 nitrogen and oxygen atoms in total. The van der Waals surface area contributed by atoms with Gasteiger partial charge in [0.25, 0.3) is 5.71 Å². The Balaban J connectivity index is 1.55. The third kappa shape index (κ3) is 3.39. The van der Waals surface area contributed by atoms with Crippen LogP contribution in [0.1, 0.15) is 26.2 Å². The minimum atomic E-state index is -0.285. The van der Waals surface area contributed by atoms with Crippen molar-refractivity contribution >= 4 is 16.9 Å². The van der Waals surface area contributed by atoms with E-state index in [0.29, 0.717) is 23.3 Å². The molecule has 1 saturated heterocycles. The minimum absolute atomic E-state index is 0.285. The van der Waals surface area contributed by atoms with E-state index < -0.39 is 0 Å². The van der Waals surface area contributed by atoms with Crippen LogP contribution in [0.5, 0.6) is 0 Å². The van der Waals surface area contributed by atoms with Crippen LogP contribution in [-0.4, -0.2) is 45.7 Å². The molecule has 1 fully saturated rings. The smallest absolute Gasteiger partial charge is 0.263 e. The van der Waals surface area contributed by atoms with Gasteiger partial charge in [0.2, 0.25) is 0 Å². The Morgan fingerprint density at radius 2 is 2.08 bits per heavy atom. The number of piperidine rings is 1. The molecule has 0 aliphatic carbocycles. The van der Waals surface area contributed by atoms with Gasteiger partial charge in [0.05, 0.1) is 0 Å². The molecular formula is C19H22FN5O. The molecule has 1 N–H and O–H groups in total. The quantitative estimate of drug-likeness (QED) is 0.752. The molecule has 2 aromatic heterocycles. The van der Waals surface area contributed by atoms with Crippen molar-refractivity contribution in [2.75, 3.05) is 25.0 Å². The van der Waals surface area contributed by atoms with Crippen molar-refractivity contribution in [1.82, 2.24) is 20.0 Å². The van der Waals surface area contributed by atoms with Crippen molar-refractivity contribution in [3.8, 4) is 11.3 Å². The normalized spacial score (nSPS) is 18.3. The molecule has 0 saturated carbocycles. The Hall–Kier alpha value is -2.54. The van der Waals surface area contributed by atoms with Gasteiger partial charge in [-0.1, -0.05) is 11.6 Å². The highest BCUT2D eigenvalue weighted by atomic mass is 19.1. The Labute approximate surface area is 151 Å². The number of halogens is 1. The Morgan fingerprint density at radius 1 is 1.23 bits per heavy atom. The van der Waals surface area contributed by atoms with E-state index in [4.69, 9.17) is 4.52 Å². The van der Waals surface area contributed by atoms with Crippen LogP contribution in [0.3, 0.4) is 0 Å². The van der Waals surface area contributed by atoms with Crippen LogP contribution in [0.2, 0.25) is 0 Å². The molecule has 1 unspecified atom stereocenters. The lowest BCUT2D eigenvalue weighted by atomic mass is 10.0. The van der Waals surface area contributed by atoms with Crippen molar-refractivity contribution in [2.45, 2.75) is 32.2 Å². The average Bonchev–Trinajstić information content (AvgIpc) is 3.09. The molecule has 0 spiro atoms. The number of nitrogens with one attached hydrogen (secondary N) is 1. The summed E-state index contributed by atoms with van der Waals surface area (Å²) in [4.78, 5) is 11.0. The van der Waals surface area contributed by atoms with Gasteiger partial charge in [-0.3, -0.25) is 4.90 Å². The van der Waals surface area contributed by atoms with Gasteiger partial charge >= 0.3 is 0 Å². The number of hydrogen-bond acceptors (Lipinski definition) is 6. The van der Waals surface area contributed by atoms with E-state index >= 15 is 0 Å². The lowest BCUT2D eigenvalue weighted by Crippen LogP contribution is -2.40. The zero-order valence-corrected chi connectivity index (χ0v) is 14.8. The molecule has 26 heavy (non-hydrogen) atoms. The highest BCUT2D eigenvalue weighted by Gasteiger charge is 2.19. The van der Waals surface area contributed by atoms with Crippen molar-refractivity contribution < 1.29 is 8.91 Å². The molecular weight excluding hydrogens is 333 g/mol. The SMILES string of the molecule is CC1CCCCN1CCNc1ncnc2onc(-c3ccc(F)cc3)c12. The number of aromatic nitrogens is 3. The summed E-state index contributed by atoms with van der Waals surface area (Å²) in [6.07, 6.45) is 5.31. The second-order valence-electron chi connectivity index (χ2n) is 6.75. The Morgan fingerprint density at radius 3 is 2.88 bits per heavy atom. The molecule has 1 atom stereocenters. The molecule has 3 aromatic rings. The molecule has 1 aromatic carbocycles. The van der Waals surface area contributed by atoms with Crippen LogP contribution in [0.15, 0.2) is 35.1 Å². The lowest BCUT2D eigenvalue weighted by molar-refractivity contribution is 0.167. The first kappa shape index (κ1) is 16.9. The average molecular weight is 355 g/mol. The number of benzene rings is 1. The van der Waals surface area contributed by atoms with Crippen LogP contribution in [0, 0.1) is 5.82 Å². The van der Waals surface area contributed by atoms with Gasteiger partial charge in [-0.2, -0.15) is 4.98 Å². The summed E-state index contributed by atoms with van der Waals surface area (Å²) in [6, 6.07) is 6.80. The highest BCUT2D eigenvalue weighted by Crippen LogP contribution is 2.31. The molecule has 0 bridgehead atoms. The fourth-order valence-corrected chi connectivity index (χ4v) is 3.53. The number of likely N-dealkylation sites (tertiary alicyclic amines) is 1. The zero-order chi connectivity index (χ0) is 17.9. The summed E-state index contributed by atoms with van der Waals surface area (Å²) in [6.45, 7) is 5.18. The molecule has 3 heterocycles. The summed E-state index contributed by atoms with van der Waals surface area (Å²) in [5.41, 5.74) is 1.82. The van der Waals surface area contributed by atoms with Crippen molar-refractivity contribution in [3.63, 3.8) is 0 Å². The van der Waals surface area contributed by atoms with E-state index in [9.17, 15) is 4.39 Å². The van der Waals surface area contributed by atoms with Crippen LogP contribution >= 0.6 is 0 Å². The number of hydrogen-bond donors (Lipinski definition) is 1. The van der Waals surface area contributed by atoms with E-state index in [0.717, 1.165) is 30.6 Å². The van der Waals surface area contributed by atoms with Gasteiger partial charge in [-0.05, 0) is 50.6 Å². The molecule has 0 amide bonds. The zero-order valence-electron chi connectivity index (χ0n) is 14.8. The van der Waals surface area contributed by atoms with Gasteiger partial charge in [0.1, 0.15) is 29.0 Å². The number of nitrogens with zero attached hydrogens (tertiary/aromatic N) is 4. The fraction of sp³-hybridized carbons (Fsp3) is 0.421. The third-order valence-electron chi connectivity index (χ3n) is 5.02. The monoisotopic (exact) mass is 355 g/mol. The van der Waals surface area contributed by atoms with E-state index in [1.54, 1.807) is 12.1 Å². The first-order valence-corrected chi connectivity index (χ1v) is 9.06. The minimum Gasteiger partial charge on any atom is -0.368 e. The second-order valence-corrected chi connectivity index (χ2v) is 6.75. The van der Waals surface area contributed by atoms with Gasteiger partial charge in [-0.25, -0.2) is 9.37 Å². The summed E-state index contributed by atoms with van der Waals surface area (Å²) in [5.74, 6) is 0.409. The molecule has 1 aliphatic rings. The predicted molar refractivity (Wildman–Crippen MR) is 98.4 cm³/mol. The fourth-order valence-electron chi connectivity index (χ4n) is 3.53. The van der Waals surface area contributed by atoms with E-state index in [1.165, 1.54) is 37.7 Å². The lowest BCUT2D eigenvalue weighted by Gasteiger charge is -2.33. The Kier molecular flexibility index (Phi) is 4.79. The summed E-state index contributed by atoms with van der Waals surface area (Å²) >= 11 is 0. The number of rotatable bonds is 5. The van der Waals surface area contributed by atoms with E-state index in [2.05, 4.69) is 32.3 Å². The maximum absolute atomic E-state index is 13.2. The molecule has 136 valence electrons. The third-order valence-corrected chi connectivity index (χ3v) is 5.02. The van der Waals surface area contributed by atoms with E-state index in [-0.39, 0.29) is 5.82 Å². The van der Waals surface area contributed by atoms with Crippen LogP contribution in [0.4, 0.5) is 10.2 Å². The summed E-state index contributed by atoms with van der Waals surface area (Å²) in [5, 5.41) is 8.24. The standard InChI is InChI=1S/C19H22FN5O/c1-13-4-2-3-10-25(13)11-9-21-18-16-17(14-5-7-15(20)8-6-14)24-26-19(16)23-12-22-18/h5-8,12-13H,2-4,9-11H2,1H3,(H,21,22,23). The molecule has 4 rings (SSSR count). The van der Waals surface area contributed by atoms with Crippen LogP contribution in [0.25, 0.3) is 22.4 Å². The number of fused-ring (bicyclic) bond motifs is 1. The molecule has 7 heteroatoms. The summed E-state index contributed by atoms with van der Waals surface area (Å²) < 4.78 is 18.6.